The predicted molar refractivity (Wildman–Crippen MR) is 87.4 cm³/mol. The Balaban J connectivity index is 2.21. The summed E-state index contributed by atoms with van der Waals surface area (Å²) in [5.41, 5.74) is 2.31. The van der Waals surface area contributed by atoms with E-state index in [1.807, 2.05) is 37.3 Å². The van der Waals surface area contributed by atoms with E-state index >= 15 is 0 Å². The molecule has 0 saturated carbocycles. The SMILES string of the molecule is CC(Nc1ccc(C#N)c(Cl)c1)c1ccc(Br)cc1Cl. The molecule has 2 aromatic rings. The molecule has 0 aromatic heterocycles. The van der Waals surface area contributed by atoms with Crippen molar-refractivity contribution in [2.24, 2.45) is 0 Å². The minimum Gasteiger partial charge on any atom is -0.378 e. The number of hydrogen-bond acceptors (Lipinski definition) is 2. The summed E-state index contributed by atoms with van der Waals surface area (Å²) in [6.45, 7) is 2.02. The number of nitrogens with zero attached hydrogens (tertiary/aromatic N) is 1. The van der Waals surface area contributed by atoms with E-state index in [0.29, 0.717) is 15.6 Å². The molecule has 0 spiro atoms. The normalized spacial score (nSPS) is 11.8. The minimum absolute atomic E-state index is 0.0274. The number of halogens is 3. The third kappa shape index (κ3) is 3.46. The van der Waals surface area contributed by atoms with Crippen molar-refractivity contribution < 1.29 is 0 Å². The average Bonchev–Trinajstić information content (AvgIpc) is 2.38. The maximum absolute atomic E-state index is 8.85. The summed E-state index contributed by atoms with van der Waals surface area (Å²) in [5.74, 6) is 0. The first-order valence-electron chi connectivity index (χ1n) is 5.92. The summed E-state index contributed by atoms with van der Waals surface area (Å²) in [6, 6.07) is 13.1. The summed E-state index contributed by atoms with van der Waals surface area (Å²) in [6.07, 6.45) is 0. The van der Waals surface area contributed by atoms with E-state index in [4.69, 9.17) is 28.5 Å². The highest BCUT2D eigenvalue weighted by Crippen LogP contribution is 2.29. The van der Waals surface area contributed by atoms with Crippen molar-refractivity contribution in [1.29, 1.82) is 5.26 Å². The van der Waals surface area contributed by atoms with Gasteiger partial charge in [-0.15, -0.1) is 0 Å². The first-order chi connectivity index (χ1) is 9.51. The van der Waals surface area contributed by atoms with E-state index in [1.54, 1.807) is 12.1 Å². The minimum atomic E-state index is 0.0274. The van der Waals surface area contributed by atoms with Crippen molar-refractivity contribution in [2.45, 2.75) is 13.0 Å². The molecular formula is C15H11BrCl2N2. The Hall–Kier alpha value is -1.21. The van der Waals surface area contributed by atoms with Gasteiger partial charge in [-0.2, -0.15) is 5.26 Å². The van der Waals surface area contributed by atoms with Gasteiger partial charge in [-0.1, -0.05) is 45.2 Å². The van der Waals surface area contributed by atoms with E-state index in [0.717, 1.165) is 15.7 Å². The zero-order chi connectivity index (χ0) is 14.7. The van der Waals surface area contributed by atoms with Crippen molar-refractivity contribution >= 4 is 44.8 Å². The van der Waals surface area contributed by atoms with Gasteiger partial charge in [0.2, 0.25) is 0 Å². The molecule has 0 saturated heterocycles. The molecule has 0 aliphatic rings. The Labute approximate surface area is 136 Å². The molecule has 0 aliphatic heterocycles. The van der Waals surface area contributed by atoms with E-state index < -0.39 is 0 Å². The number of anilines is 1. The van der Waals surface area contributed by atoms with Crippen LogP contribution in [-0.4, -0.2) is 0 Å². The lowest BCUT2D eigenvalue weighted by Gasteiger charge is -2.17. The van der Waals surface area contributed by atoms with Crippen LogP contribution in [0.3, 0.4) is 0 Å². The number of nitrogens with one attached hydrogen (secondary N) is 1. The van der Waals surface area contributed by atoms with Gasteiger partial charge in [0.05, 0.1) is 10.6 Å². The fourth-order valence-electron chi connectivity index (χ4n) is 1.88. The lowest BCUT2D eigenvalue weighted by Crippen LogP contribution is -2.07. The Morgan fingerprint density at radius 2 is 1.90 bits per heavy atom. The lowest BCUT2D eigenvalue weighted by atomic mass is 10.1. The Bertz CT molecular complexity index is 680. The number of benzene rings is 2. The largest absolute Gasteiger partial charge is 0.378 e. The summed E-state index contributed by atoms with van der Waals surface area (Å²) >= 11 is 15.6. The van der Waals surface area contributed by atoms with Crippen LogP contribution in [0.1, 0.15) is 24.1 Å². The van der Waals surface area contributed by atoms with Gasteiger partial charge in [-0.25, -0.2) is 0 Å². The monoisotopic (exact) mass is 368 g/mol. The Morgan fingerprint density at radius 3 is 2.50 bits per heavy atom. The molecule has 0 bridgehead atoms. The van der Waals surface area contributed by atoms with Crippen LogP contribution >= 0.6 is 39.1 Å². The fourth-order valence-corrected chi connectivity index (χ4v) is 2.94. The number of nitriles is 1. The summed E-state index contributed by atoms with van der Waals surface area (Å²) in [4.78, 5) is 0. The molecule has 2 rings (SSSR count). The van der Waals surface area contributed by atoms with Gasteiger partial charge in [0.15, 0.2) is 0 Å². The van der Waals surface area contributed by atoms with Crippen LogP contribution in [0.5, 0.6) is 0 Å². The van der Waals surface area contributed by atoms with Gasteiger partial charge in [-0.05, 0) is 42.8 Å². The van der Waals surface area contributed by atoms with Gasteiger partial charge < -0.3 is 5.32 Å². The first kappa shape index (κ1) is 15.2. The summed E-state index contributed by atoms with van der Waals surface area (Å²) < 4.78 is 0.944. The fraction of sp³-hybridized carbons (Fsp3) is 0.133. The average molecular weight is 370 g/mol. The molecule has 102 valence electrons. The van der Waals surface area contributed by atoms with Crippen LogP contribution in [0.4, 0.5) is 5.69 Å². The standard InChI is InChI=1S/C15H11BrCl2N2/c1-9(13-5-3-11(16)6-15(13)18)20-12-4-2-10(8-19)14(17)7-12/h2-7,9,20H,1H3. The highest BCUT2D eigenvalue weighted by molar-refractivity contribution is 9.10. The highest BCUT2D eigenvalue weighted by Gasteiger charge is 2.10. The topological polar surface area (TPSA) is 35.8 Å². The first-order valence-corrected chi connectivity index (χ1v) is 7.47. The van der Waals surface area contributed by atoms with Crippen molar-refractivity contribution in [1.82, 2.24) is 0 Å². The van der Waals surface area contributed by atoms with Gasteiger partial charge in [-0.3, -0.25) is 0 Å². The summed E-state index contributed by atoms with van der Waals surface area (Å²) in [5, 5.41) is 13.3. The molecular weight excluding hydrogens is 359 g/mol. The van der Waals surface area contributed by atoms with Gasteiger partial charge in [0, 0.05) is 21.2 Å². The second-order valence-corrected chi connectivity index (χ2v) is 6.07. The van der Waals surface area contributed by atoms with Crippen molar-refractivity contribution in [2.75, 3.05) is 5.32 Å². The van der Waals surface area contributed by atoms with Crippen LogP contribution in [0.2, 0.25) is 10.0 Å². The zero-order valence-electron chi connectivity index (χ0n) is 10.6. The van der Waals surface area contributed by atoms with Crippen molar-refractivity contribution in [3.63, 3.8) is 0 Å². The molecule has 2 nitrogen and oxygen atoms in total. The molecule has 20 heavy (non-hydrogen) atoms. The summed E-state index contributed by atoms with van der Waals surface area (Å²) in [7, 11) is 0. The van der Waals surface area contributed by atoms with Crippen molar-refractivity contribution in [3.8, 4) is 6.07 Å². The predicted octanol–water partition coefficient (Wildman–Crippen LogP) is 5.80. The third-order valence-electron chi connectivity index (χ3n) is 2.90. The van der Waals surface area contributed by atoms with Crippen LogP contribution in [0, 0.1) is 11.3 Å². The highest BCUT2D eigenvalue weighted by atomic mass is 79.9. The smallest absolute Gasteiger partial charge is 0.101 e. The van der Waals surface area contributed by atoms with E-state index in [2.05, 4.69) is 21.2 Å². The van der Waals surface area contributed by atoms with E-state index in [9.17, 15) is 0 Å². The molecule has 1 N–H and O–H groups in total. The second kappa shape index (κ2) is 6.49. The second-order valence-electron chi connectivity index (χ2n) is 4.34. The molecule has 2 aromatic carbocycles. The molecule has 0 heterocycles. The van der Waals surface area contributed by atoms with Crippen LogP contribution in [0.15, 0.2) is 40.9 Å². The Kier molecular flexibility index (Phi) is 4.93. The van der Waals surface area contributed by atoms with Crippen LogP contribution in [0.25, 0.3) is 0 Å². The molecule has 1 unspecified atom stereocenters. The lowest BCUT2D eigenvalue weighted by molar-refractivity contribution is 0.884. The molecule has 0 aliphatic carbocycles. The van der Waals surface area contributed by atoms with Crippen molar-refractivity contribution in [3.05, 3.63) is 62.0 Å². The molecule has 1 atom stereocenters. The van der Waals surface area contributed by atoms with Gasteiger partial charge in [0.25, 0.3) is 0 Å². The van der Waals surface area contributed by atoms with Crippen LogP contribution < -0.4 is 5.32 Å². The zero-order valence-corrected chi connectivity index (χ0v) is 13.7. The maximum Gasteiger partial charge on any atom is 0.101 e. The Morgan fingerprint density at radius 1 is 1.15 bits per heavy atom. The number of hydrogen-bond donors (Lipinski definition) is 1. The molecule has 0 radical (unpaired) electrons. The quantitative estimate of drug-likeness (QED) is 0.741. The van der Waals surface area contributed by atoms with Crippen LogP contribution in [-0.2, 0) is 0 Å². The molecule has 0 fully saturated rings. The van der Waals surface area contributed by atoms with E-state index in [1.165, 1.54) is 0 Å². The van der Waals surface area contributed by atoms with Gasteiger partial charge in [0.1, 0.15) is 6.07 Å². The third-order valence-corrected chi connectivity index (χ3v) is 4.04. The number of rotatable bonds is 3. The molecule has 0 amide bonds. The van der Waals surface area contributed by atoms with Gasteiger partial charge >= 0.3 is 0 Å². The maximum atomic E-state index is 8.85. The van der Waals surface area contributed by atoms with E-state index in [-0.39, 0.29) is 6.04 Å². The molecule has 5 heteroatoms.